The van der Waals surface area contributed by atoms with Crippen molar-refractivity contribution in [3.8, 4) is 0 Å². The summed E-state index contributed by atoms with van der Waals surface area (Å²) in [5.41, 5.74) is 2.48. The summed E-state index contributed by atoms with van der Waals surface area (Å²) in [6.07, 6.45) is 1.56. The van der Waals surface area contributed by atoms with Crippen LogP contribution in [0.4, 0.5) is 4.39 Å². The molecule has 100 valence electrons. The van der Waals surface area contributed by atoms with Crippen LogP contribution in [-0.4, -0.2) is 10.8 Å². The highest BCUT2D eigenvalue weighted by Gasteiger charge is 2.19. The summed E-state index contributed by atoms with van der Waals surface area (Å²) in [5, 5.41) is 0.339. The van der Waals surface area contributed by atoms with Crippen LogP contribution in [0.15, 0.2) is 47.1 Å². The maximum absolute atomic E-state index is 14.0. The van der Waals surface area contributed by atoms with Crippen molar-refractivity contribution < 1.29 is 9.18 Å². The van der Waals surface area contributed by atoms with Crippen LogP contribution in [0, 0.1) is 12.7 Å². The van der Waals surface area contributed by atoms with Gasteiger partial charge in [-0.3, -0.25) is 4.79 Å². The summed E-state index contributed by atoms with van der Waals surface area (Å²) in [6, 6.07) is 10.2. The van der Waals surface area contributed by atoms with E-state index in [1.54, 1.807) is 24.4 Å². The molecule has 0 spiro atoms. The number of hydrogen-bond donors (Lipinski definition) is 1. The van der Waals surface area contributed by atoms with Gasteiger partial charge >= 0.3 is 0 Å². The lowest BCUT2D eigenvalue weighted by atomic mass is 10.0. The molecule has 0 saturated carbocycles. The van der Waals surface area contributed by atoms with Gasteiger partial charge in [0.2, 0.25) is 0 Å². The molecule has 0 aliphatic carbocycles. The van der Waals surface area contributed by atoms with Crippen LogP contribution in [0.25, 0.3) is 10.9 Å². The van der Waals surface area contributed by atoms with Gasteiger partial charge in [-0.1, -0.05) is 18.2 Å². The number of benzene rings is 2. The van der Waals surface area contributed by atoms with Crippen molar-refractivity contribution in [2.24, 2.45) is 0 Å². The SMILES string of the molecule is Cc1cccc(C(=O)c2c[nH]c3cccc(F)c23)c1Br. The van der Waals surface area contributed by atoms with Crippen molar-refractivity contribution in [1.29, 1.82) is 0 Å². The van der Waals surface area contributed by atoms with Gasteiger partial charge in [0.15, 0.2) is 5.78 Å². The van der Waals surface area contributed by atoms with Crippen LogP contribution in [0.1, 0.15) is 21.5 Å². The Labute approximate surface area is 123 Å². The third-order valence-corrected chi connectivity index (χ3v) is 4.39. The molecular weight excluding hydrogens is 321 g/mol. The minimum Gasteiger partial charge on any atom is -0.360 e. The van der Waals surface area contributed by atoms with Crippen LogP contribution in [0.2, 0.25) is 0 Å². The van der Waals surface area contributed by atoms with E-state index in [0.29, 0.717) is 22.0 Å². The number of hydrogen-bond acceptors (Lipinski definition) is 1. The normalized spacial score (nSPS) is 10.9. The van der Waals surface area contributed by atoms with Crippen molar-refractivity contribution in [2.45, 2.75) is 6.92 Å². The molecule has 4 heteroatoms. The number of rotatable bonds is 2. The van der Waals surface area contributed by atoms with Gasteiger partial charge in [0.25, 0.3) is 0 Å². The van der Waals surface area contributed by atoms with Gasteiger partial charge in [-0.15, -0.1) is 0 Å². The largest absolute Gasteiger partial charge is 0.360 e. The lowest BCUT2D eigenvalue weighted by molar-refractivity contribution is 0.103. The molecule has 2 aromatic carbocycles. The fourth-order valence-corrected chi connectivity index (χ4v) is 2.73. The van der Waals surface area contributed by atoms with E-state index in [0.717, 1.165) is 10.0 Å². The predicted molar refractivity (Wildman–Crippen MR) is 80.6 cm³/mol. The lowest BCUT2D eigenvalue weighted by Gasteiger charge is -2.05. The summed E-state index contributed by atoms with van der Waals surface area (Å²) < 4.78 is 14.7. The van der Waals surface area contributed by atoms with Gasteiger partial charge in [-0.05, 0) is 46.6 Å². The Morgan fingerprint density at radius 2 is 1.90 bits per heavy atom. The van der Waals surface area contributed by atoms with E-state index in [4.69, 9.17) is 0 Å². The Hall–Kier alpha value is -1.94. The molecule has 0 bridgehead atoms. The first kappa shape index (κ1) is 13.1. The monoisotopic (exact) mass is 331 g/mol. The molecule has 3 aromatic rings. The Balaban J connectivity index is 2.21. The fraction of sp³-hybridized carbons (Fsp3) is 0.0625. The minimum absolute atomic E-state index is 0.197. The van der Waals surface area contributed by atoms with Crippen molar-refractivity contribution >= 4 is 32.6 Å². The third-order valence-electron chi connectivity index (χ3n) is 3.34. The van der Waals surface area contributed by atoms with E-state index < -0.39 is 5.82 Å². The number of aromatic amines is 1. The number of H-pyrrole nitrogens is 1. The second-order valence-corrected chi connectivity index (χ2v) is 5.42. The van der Waals surface area contributed by atoms with E-state index in [9.17, 15) is 9.18 Å². The molecule has 0 unspecified atom stereocenters. The van der Waals surface area contributed by atoms with E-state index in [1.165, 1.54) is 6.07 Å². The summed E-state index contributed by atoms with van der Waals surface area (Å²) in [4.78, 5) is 15.6. The Morgan fingerprint density at radius 3 is 2.70 bits per heavy atom. The molecule has 20 heavy (non-hydrogen) atoms. The van der Waals surface area contributed by atoms with Crippen LogP contribution in [-0.2, 0) is 0 Å². The molecule has 2 nitrogen and oxygen atoms in total. The molecule has 0 saturated heterocycles. The predicted octanol–water partition coefficient (Wildman–Crippen LogP) is 4.61. The van der Waals surface area contributed by atoms with Gasteiger partial charge < -0.3 is 4.98 Å². The zero-order valence-corrected chi connectivity index (χ0v) is 12.3. The Kier molecular flexibility index (Phi) is 3.18. The smallest absolute Gasteiger partial charge is 0.196 e. The number of fused-ring (bicyclic) bond motifs is 1. The number of aromatic nitrogens is 1. The lowest BCUT2D eigenvalue weighted by Crippen LogP contribution is -2.03. The zero-order chi connectivity index (χ0) is 14.3. The maximum atomic E-state index is 14.0. The average molecular weight is 332 g/mol. The Morgan fingerprint density at radius 1 is 1.15 bits per heavy atom. The van der Waals surface area contributed by atoms with E-state index in [-0.39, 0.29) is 5.78 Å². The second kappa shape index (κ2) is 4.87. The molecule has 1 N–H and O–H groups in total. The van der Waals surface area contributed by atoms with Crippen molar-refractivity contribution in [2.75, 3.05) is 0 Å². The number of aryl methyl sites for hydroxylation is 1. The van der Waals surface area contributed by atoms with Crippen LogP contribution in [0.3, 0.4) is 0 Å². The summed E-state index contributed by atoms with van der Waals surface area (Å²) in [5.74, 6) is -0.590. The van der Waals surface area contributed by atoms with Gasteiger partial charge in [-0.25, -0.2) is 4.39 Å². The average Bonchev–Trinajstić information content (AvgIpc) is 2.86. The van der Waals surface area contributed by atoms with Gasteiger partial charge in [-0.2, -0.15) is 0 Å². The third kappa shape index (κ3) is 1.96. The van der Waals surface area contributed by atoms with Crippen LogP contribution in [0.5, 0.6) is 0 Å². The quantitative estimate of drug-likeness (QED) is 0.683. The van der Waals surface area contributed by atoms with E-state index >= 15 is 0 Å². The number of ketones is 1. The van der Waals surface area contributed by atoms with Crippen LogP contribution < -0.4 is 0 Å². The Bertz CT molecular complexity index is 822. The molecule has 0 fully saturated rings. The summed E-state index contributed by atoms with van der Waals surface area (Å²) in [6.45, 7) is 1.91. The first-order valence-electron chi connectivity index (χ1n) is 6.15. The molecular formula is C16H11BrFNO. The minimum atomic E-state index is -0.393. The van der Waals surface area contributed by atoms with Crippen LogP contribution >= 0.6 is 15.9 Å². The zero-order valence-electron chi connectivity index (χ0n) is 10.7. The fourth-order valence-electron chi connectivity index (χ4n) is 2.29. The maximum Gasteiger partial charge on any atom is 0.196 e. The molecule has 0 aliphatic heterocycles. The molecule has 1 heterocycles. The highest BCUT2D eigenvalue weighted by atomic mass is 79.9. The number of halogens is 2. The molecule has 0 amide bonds. The standard InChI is InChI=1S/C16H11BrFNO/c1-9-4-2-5-10(15(9)17)16(20)11-8-19-13-7-3-6-12(18)14(11)13/h2-8,19H,1H3. The first-order valence-corrected chi connectivity index (χ1v) is 6.94. The van der Waals surface area contributed by atoms with Gasteiger partial charge in [0.1, 0.15) is 5.82 Å². The van der Waals surface area contributed by atoms with Crippen molar-refractivity contribution in [1.82, 2.24) is 4.98 Å². The summed E-state index contributed by atoms with van der Waals surface area (Å²) >= 11 is 3.42. The van der Waals surface area contributed by atoms with E-state index in [1.807, 2.05) is 19.1 Å². The highest BCUT2D eigenvalue weighted by molar-refractivity contribution is 9.10. The van der Waals surface area contributed by atoms with Gasteiger partial charge in [0.05, 0.1) is 5.56 Å². The molecule has 3 rings (SSSR count). The molecule has 0 atom stereocenters. The number of carbonyl (C=O) groups excluding carboxylic acids is 1. The highest BCUT2D eigenvalue weighted by Crippen LogP contribution is 2.28. The topological polar surface area (TPSA) is 32.9 Å². The first-order chi connectivity index (χ1) is 9.59. The molecule has 0 radical (unpaired) electrons. The molecule has 1 aromatic heterocycles. The number of nitrogens with one attached hydrogen (secondary N) is 1. The van der Waals surface area contributed by atoms with Crippen molar-refractivity contribution in [3.05, 3.63) is 69.6 Å². The van der Waals surface area contributed by atoms with Crippen molar-refractivity contribution in [3.63, 3.8) is 0 Å². The molecule has 0 aliphatic rings. The number of carbonyl (C=O) groups is 1. The van der Waals surface area contributed by atoms with Gasteiger partial charge in [0, 0.05) is 27.1 Å². The summed E-state index contributed by atoms with van der Waals surface area (Å²) in [7, 11) is 0. The second-order valence-electron chi connectivity index (χ2n) is 4.63. The van der Waals surface area contributed by atoms with E-state index in [2.05, 4.69) is 20.9 Å².